The molecule has 3 rings (SSSR count). The molecule has 0 saturated carbocycles. The van der Waals surface area contributed by atoms with Gasteiger partial charge in [-0.05, 0) is 36.4 Å². The Bertz CT molecular complexity index is 793. The molecule has 1 aromatic carbocycles. The van der Waals surface area contributed by atoms with E-state index in [2.05, 4.69) is 15.6 Å². The van der Waals surface area contributed by atoms with Crippen molar-refractivity contribution in [1.82, 2.24) is 20.2 Å². The second-order valence-electron chi connectivity index (χ2n) is 5.06. The Labute approximate surface area is 138 Å². The Kier molecular flexibility index (Phi) is 4.71. The number of benzene rings is 1. The van der Waals surface area contributed by atoms with Crippen LogP contribution in [0.1, 0.15) is 16.1 Å². The number of hydrogen-bond acceptors (Lipinski definition) is 4. The third kappa shape index (κ3) is 3.89. The van der Waals surface area contributed by atoms with Crippen LogP contribution in [0.3, 0.4) is 0 Å². The summed E-state index contributed by atoms with van der Waals surface area (Å²) in [7, 11) is 0. The van der Waals surface area contributed by atoms with Crippen LogP contribution in [0.25, 0.3) is 5.69 Å². The summed E-state index contributed by atoms with van der Waals surface area (Å²) in [6.07, 6.45) is 6.72. The highest BCUT2D eigenvalue weighted by atomic mass is 16.3. The predicted octanol–water partition coefficient (Wildman–Crippen LogP) is 1.51. The molecule has 0 atom stereocenters. The van der Waals surface area contributed by atoms with E-state index in [1.807, 2.05) is 22.9 Å². The van der Waals surface area contributed by atoms with E-state index >= 15 is 0 Å². The molecule has 0 saturated heterocycles. The van der Waals surface area contributed by atoms with Crippen molar-refractivity contribution in [2.75, 3.05) is 6.54 Å². The first-order valence-corrected chi connectivity index (χ1v) is 7.38. The summed E-state index contributed by atoms with van der Waals surface area (Å²) in [4.78, 5) is 27.7. The molecular formula is C17H16N4O3. The minimum atomic E-state index is -0.305. The van der Waals surface area contributed by atoms with Crippen molar-refractivity contribution >= 4 is 11.8 Å². The van der Waals surface area contributed by atoms with Crippen molar-refractivity contribution in [2.45, 2.75) is 6.54 Å². The standard InChI is InChI=1S/C17H16N4O3/c22-16(19-10-15-2-1-9-24-15)11-20-17(23)13-3-5-14(6-4-13)21-8-7-18-12-21/h1-9,12H,10-11H2,(H,19,22)(H,20,23). The number of aromatic nitrogens is 2. The van der Waals surface area contributed by atoms with E-state index in [-0.39, 0.29) is 18.4 Å². The van der Waals surface area contributed by atoms with Crippen LogP contribution in [-0.2, 0) is 11.3 Å². The number of furan rings is 1. The maximum atomic E-state index is 12.1. The molecule has 0 aliphatic rings. The highest BCUT2D eigenvalue weighted by Gasteiger charge is 2.08. The highest BCUT2D eigenvalue weighted by molar-refractivity contribution is 5.96. The van der Waals surface area contributed by atoms with E-state index in [0.717, 1.165) is 5.69 Å². The van der Waals surface area contributed by atoms with Crippen molar-refractivity contribution in [3.05, 3.63) is 72.7 Å². The molecular weight excluding hydrogens is 308 g/mol. The SMILES string of the molecule is O=C(CNC(=O)c1ccc(-n2ccnc2)cc1)NCc1ccco1. The molecule has 7 heteroatoms. The van der Waals surface area contributed by atoms with E-state index < -0.39 is 0 Å². The van der Waals surface area contributed by atoms with Crippen LogP contribution in [0.4, 0.5) is 0 Å². The molecule has 2 aromatic heterocycles. The maximum Gasteiger partial charge on any atom is 0.251 e. The average Bonchev–Trinajstić information content (AvgIpc) is 3.31. The second kappa shape index (κ2) is 7.28. The molecule has 122 valence electrons. The van der Waals surface area contributed by atoms with Crippen molar-refractivity contribution in [3.63, 3.8) is 0 Å². The van der Waals surface area contributed by atoms with Crippen molar-refractivity contribution in [1.29, 1.82) is 0 Å². The van der Waals surface area contributed by atoms with Crippen molar-refractivity contribution in [3.8, 4) is 5.69 Å². The zero-order valence-electron chi connectivity index (χ0n) is 12.8. The second-order valence-corrected chi connectivity index (χ2v) is 5.06. The third-order valence-corrected chi connectivity index (χ3v) is 3.38. The number of hydrogen-bond donors (Lipinski definition) is 2. The lowest BCUT2D eigenvalue weighted by Gasteiger charge is -2.07. The van der Waals surface area contributed by atoms with Gasteiger partial charge in [0, 0.05) is 23.6 Å². The van der Waals surface area contributed by atoms with Crippen LogP contribution < -0.4 is 10.6 Å². The maximum absolute atomic E-state index is 12.1. The monoisotopic (exact) mass is 324 g/mol. The van der Waals surface area contributed by atoms with E-state index in [9.17, 15) is 9.59 Å². The number of nitrogens with zero attached hydrogens (tertiary/aromatic N) is 2. The Balaban J connectivity index is 1.48. The van der Waals surface area contributed by atoms with Crippen LogP contribution in [0.2, 0.25) is 0 Å². The lowest BCUT2D eigenvalue weighted by molar-refractivity contribution is -0.120. The lowest BCUT2D eigenvalue weighted by Crippen LogP contribution is -2.36. The molecule has 2 amide bonds. The van der Waals surface area contributed by atoms with Gasteiger partial charge in [0.2, 0.25) is 5.91 Å². The fourth-order valence-corrected chi connectivity index (χ4v) is 2.12. The summed E-state index contributed by atoms with van der Waals surface area (Å²) >= 11 is 0. The number of amides is 2. The highest BCUT2D eigenvalue weighted by Crippen LogP contribution is 2.09. The van der Waals surface area contributed by atoms with Crippen LogP contribution >= 0.6 is 0 Å². The molecule has 24 heavy (non-hydrogen) atoms. The fraction of sp³-hybridized carbons (Fsp3) is 0.118. The topological polar surface area (TPSA) is 89.2 Å². The quantitative estimate of drug-likeness (QED) is 0.719. The molecule has 0 aliphatic carbocycles. The predicted molar refractivity (Wildman–Crippen MR) is 86.5 cm³/mol. The number of nitrogens with one attached hydrogen (secondary N) is 2. The first-order valence-electron chi connectivity index (χ1n) is 7.38. The molecule has 2 N–H and O–H groups in total. The summed E-state index contributed by atoms with van der Waals surface area (Å²) in [6, 6.07) is 10.5. The molecule has 0 radical (unpaired) electrons. The van der Waals surface area contributed by atoms with Gasteiger partial charge in [-0.3, -0.25) is 9.59 Å². The summed E-state index contributed by atoms with van der Waals surface area (Å²) in [6.45, 7) is 0.199. The van der Waals surface area contributed by atoms with Gasteiger partial charge < -0.3 is 19.6 Å². The zero-order valence-corrected chi connectivity index (χ0v) is 12.8. The molecule has 7 nitrogen and oxygen atoms in total. The van der Waals surface area contributed by atoms with Gasteiger partial charge >= 0.3 is 0 Å². The minimum Gasteiger partial charge on any atom is -0.467 e. The normalized spacial score (nSPS) is 10.3. The van der Waals surface area contributed by atoms with Gasteiger partial charge in [-0.25, -0.2) is 4.98 Å². The number of carbonyl (C=O) groups is 2. The minimum absolute atomic E-state index is 0.0944. The molecule has 3 aromatic rings. The Morgan fingerprint density at radius 3 is 2.62 bits per heavy atom. The molecule has 0 bridgehead atoms. The molecule has 0 unspecified atom stereocenters. The molecule has 2 heterocycles. The van der Waals surface area contributed by atoms with E-state index in [1.165, 1.54) is 6.26 Å². The van der Waals surface area contributed by atoms with E-state index in [0.29, 0.717) is 17.9 Å². The van der Waals surface area contributed by atoms with Gasteiger partial charge in [-0.2, -0.15) is 0 Å². The van der Waals surface area contributed by atoms with Crippen LogP contribution in [-0.4, -0.2) is 27.9 Å². The Hall–Kier alpha value is -3.35. The molecule has 0 aliphatic heterocycles. The zero-order chi connectivity index (χ0) is 16.8. The lowest BCUT2D eigenvalue weighted by atomic mass is 10.2. The van der Waals surface area contributed by atoms with Crippen LogP contribution in [0.5, 0.6) is 0 Å². The summed E-state index contributed by atoms with van der Waals surface area (Å²) in [5.41, 5.74) is 1.39. The summed E-state index contributed by atoms with van der Waals surface area (Å²) < 4.78 is 6.95. The first-order chi connectivity index (χ1) is 11.7. The smallest absolute Gasteiger partial charge is 0.251 e. The Morgan fingerprint density at radius 2 is 1.96 bits per heavy atom. The van der Waals surface area contributed by atoms with Gasteiger partial charge in [0.1, 0.15) is 5.76 Å². The van der Waals surface area contributed by atoms with Gasteiger partial charge in [-0.1, -0.05) is 0 Å². The fourth-order valence-electron chi connectivity index (χ4n) is 2.12. The van der Waals surface area contributed by atoms with E-state index in [1.54, 1.807) is 36.8 Å². The summed E-state index contributed by atoms with van der Waals surface area (Å²) in [5.74, 6) is 0.0693. The van der Waals surface area contributed by atoms with Crippen LogP contribution in [0, 0.1) is 0 Å². The average molecular weight is 324 g/mol. The third-order valence-electron chi connectivity index (χ3n) is 3.38. The molecule has 0 fully saturated rings. The van der Waals surface area contributed by atoms with Gasteiger partial charge in [0.15, 0.2) is 0 Å². The summed E-state index contributed by atoms with van der Waals surface area (Å²) in [5, 5.41) is 5.24. The number of rotatable bonds is 6. The largest absolute Gasteiger partial charge is 0.467 e. The van der Waals surface area contributed by atoms with Crippen molar-refractivity contribution < 1.29 is 14.0 Å². The van der Waals surface area contributed by atoms with E-state index in [4.69, 9.17) is 4.42 Å². The van der Waals surface area contributed by atoms with Gasteiger partial charge in [0.05, 0.1) is 25.7 Å². The number of carbonyl (C=O) groups excluding carboxylic acids is 2. The number of imidazole rings is 1. The van der Waals surface area contributed by atoms with Gasteiger partial charge in [0.25, 0.3) is 5.91 Å². The van der Waals surface area contributed by atoms with Crippen LogP contribution in [0.15, 0.2) is 65.8 Å². The Morgan fingerprint density at radius 1 is 1.12 bits per heavy atom. The van der Waals surface area contributed by atoms with Gasteiger partial charge in [-0.15, -0.1) is 0 Å². The molecule has 0 spiro atoms. The van der Waals surface area contributed by atoms with Crippen molar-refractivity contribution in [2.24, 2.45) is 0 Å². The first kappa shape index (κ1) is 15.5.